The molecule has 0 amide bonds. The maximum atomic E-state index is 2.84. The summed E-state index contributed by atoms with van der Waals surface area (Å²) in [5.41, 5.74) is 25.8. The van der Waals surface area contributed by atoms with Crippen LogP contribution in [0.25, 0.3) is 32.3 Å². The molecule has 7 aromatic carbocycles. The Morgan fingerprint density at radius 1 is 0.388 bits per heavy atom. The summed E-state index contributed by atoms with van der Waals surface area (Å²) in [4.78, 5) is 5.52. The van der Waals surface area contributed by atoms with Crippen molar-refractivity contribution in [1.29, 1.82) is 0 Å². The highest BCUT2D eigenvalue weighted by Crippen LogP contribution is 2.53. The third-order valence-electron chi connectivity index (χ3n) is 19.0. The molecule has 0 N–H and O–H groups in total. The first-order chi connectivity index (χ1) is 37.8. The molecule has 0 saturated heterocycles. The lowest BCUT2D eigenvalue weighted by Crippen LogP contribution is -2.60. The number of hydrogen-bond donors (Lipinski definition) is 0. The van der Waals surface area contributed by atoms with Gasteiger partial charge in [-0.2, -0.15) is 0 Å². The molecule has 0 atom stereocenters. The molecule has 2 fully saturated rings. The molecule has 0 radical (unpaired) electrons. The van der Waals surface area contributed by atoms with E-state index in [0.29, 0.717) is 11.8 Å². The average molecular weight is 1070 g/mol. The number of rotatable bonds is 6. The van der Waals surface area contributed by atoms with Crippen molar-refractivity contribution in [2.75, 3.05) is 9.80 Å². The van der Waals surface area contributed by atoms with Crippen LogP contribution < -0.4 is 25.5 Å². The van der Waals surface area contributed by atoms with Gasteiger partial charge in [-0.05, 0) is 186 Å². The minimum absolute atomic E-state index is 0.0176. The zero-order valence-electron chi connectivity index (χ0n) is 51.3. The van der Waals surface area contributed by atoms with Gasteiger partial charge in [-0.15, -0.1) is 11.3 Å². The Hall–Kier alpha value is -5.84. The number of hydrogen-bond acceptors (Lipinski definition) is 3. The number of thiophene rings is 1. The first-order valence-corrected chi connectivity index (χ1v) is 31.6. The minimum Gasteiger partial charge on any atom is -0.311 e. The predicted molar refractivity (Wildman–Crippen MR) is 352 cm³/mol. The molecule has 2 aliphatic carbocycles. The molecule has 412 valence electrons. The molecule has 4 heteroatoms. The van der Waals surface area contributed by atoms with Crippen LogP contribution in [0.15, 0.2) is 133 Å². The molecule has 8 aromatic rings. The molecule has 12 rings (SSSR count). The van der Waals surface area contributed by atoms with Crippen molar-refractivity contribution in [1.82, 2.24) is 0 Å². The van der Waals surface area contributed by atoms with E-state index in [4.69, 9.17) is 0 Å². The number of fused-ring (bicyclic) bond motifs is 6. The number of nitrogens with zero attached hydrogens (tertiary/aromatic N) is 2. The van der Waals surface area contributed by atoms with Crippen LogP contribution >= 0.6 is 11.3 Å². The highest BCUT2D eigenvalue weighted by molar-refractivity contribution is 7.33. The van der Waals surface area contributed by atoms with E-state index >= 15 is 0 Å². The molecular weight excluding hydrogens is 984 g/mol. The molecule has 2 nitrogen and oxygen atoms in total. The third kappa shape index (κ3) is 10.0. The first-order valence-electron chi connectivity index (χ1n) is 30.8. The van der Waals surface area contributed by atoms with Crippen LogP contribution in [0, 0.1) is 0 Å². The first kappa shape index (κ1) is 54.7. The Balaban J connectivity index is 1.18. The lowest BCUT2D eigenvalue weighted by molar-refractivity contribution is 0.443. The van der Waals surface area contributed by atoms with Crippen LogP contribution in [0.3, 0.4) is 0 Å². The van der Waals surface area contributed by atoms with Gasteiger partial charge in [0.05, 0.1) is 11.4 Å². The SMILES string of the molecule is CC(C)(C)c1ccc(-c2ccc(N3c4ccc(C(C)(C)C)cc4B4c5sc6ccc(C(C)(C)C)cc6c5N(c5ccc(C6CCCCC6)cc5-c5cc(C(C)(C)C)cc(C(C)(C)C)c5)c5cc(C6CCCCC6)cc3c54)cc2)cc1. The van der Waals surface area contributed by atoms with Gasteiger partial charge >= 0.3 is 0 Å². The second-order valence-electron chi connectivity index (χ2n) is 30.0. The van der Waals surface area contributed by atoms with Gasteiger partial charge < -0.3 is 9.80 Å². The van der Waals surface area contributed by atoms with E-state index in [1.807, 2.05) is 11.3 Å². The molecule has 2 saturated carbocycles. The predicted octanol–water partition coefficient (Wildman–Crippen LogP) is 20.9. The average Bonchev–Trinajstić information content (AvgIpc) is 3.99. The van der Waals surface area contributed by atoms with Crippen molar-refractivity contribution in [3.8, 4) is 22.3 Å². The van der Waals surface area contributed by atoms with Crippen molar-refractivity contribution in [3.05, 3.63) is 172 Å². The second-order valence-corrected chi connectivity index (χ2v) is 31.1. The van der Waals surface area contributed by atoms with Crippen LogP contribution in [0.1, 0.15) is 219 Å². The lowest BCUT2D eigenvalue weighted by Gasteiger charge is -2.44. The second kappa shape index (κ2) is 20.0. The van der Waals surface area contributed by atoms with Gasteiger partial charge in [0.2, 0.25) is 0 Å². The molecular formula is C76H89BN2S. The van der Waals surface area contributed by atoms with Gasteiger partial charge in [-0.3, -0.25) is 0 Å². The minimum atomic E-state index is -0.0359. The zero-order chi connectivity index (χ0) is 56.4. The van der Waals surface area contributed by atoms with Crippen molar-refractivity contribution in [3.63, 3.8) is 0 Å². The normalized spacial score (nSPS) is 16.5. The zero-order valence-corrected chi connectivity index (χ0v) is 52.1. The highest BCUT2D eigenvalue weighted by atomic mass is 32.1. The van der Waals surface area contributed by atoms with Gasteiger partial charge in [0.25, 0.3) is 6.71 Å². The van der Waals surface area contributed by atoms with Gasteiger partial charge in [0, 0.05) is 43.2 Å². The Kier molecular flexibility index (Phi) is 13.7. The van der Waals surface area contributed by atoms with E-state index in [1.54, 1.807) is 0 Å². The third-order valence-corrected chi connectivity index (χ3v) is 20.2. The van der Waals surface area contributed by atoms with E-state index < -0.39 is 0 Å². The standard InChI is InChI=1S/C76H89BN2S/c1-72(2,3)55-31-26-50(27-32-55)51-28-35-60(36-29-51)78-65-38-33-57(74(7,8)9)47-63(65)77-69-66(78)43-53(49-24-20-17-21-25-49)44-67(69)79(70-62-46-56(73(4,5)6)34-39-68(62)80-71(70)77)64-37-30-52(48-22-18-16-19-23-48)42-61(64)54-40-58(75(10,11)12)45-59(41-54)76(13,14)15/h26-49H,16-25H2,1-15H3. The van der Waals surface area contributed by atoms with Crippen LogP contribution in [0.4, 0.5) is 34.1 Å². The number of benzene rings is 7. The summed E-state index contributed by atoms with van der Waals surface area (Å²) < 4.78 is 2.81. The largest absolute Gasteiger partial charge is 0.311 e. The van der Waals surface area contributed by atoms with E-state index in [1.165, 1.54) is 185 Å². The van der Waals surface area contributed by atoms with Crippen LogP contribution in [-0.2, 0) is 27.1 Å². The summed E-state index contributed by atoms with van der Waals surface area (Å²) >= 11 is 2.04. The van der Waals surface area contributed by atoms with Gasteiger partial charge in [-0.25, -0.2) is 0 Å². The Morgan fingerprint density at radius 2 is 0.875 bits per heavy atom. The summed E-state index contributed by atoms with van der Waals surface area (Å²) in [5, 5.41) is 1.37. The molecule has 3 heterocycles. The van der Waals surface area contributed by atoms with Crippen LogP contribution in [0.2, 0.25) is 0 Å². The van der Waals surface area contributed by atoms with Crippen LogP contribution in [-0.4, -0.2) is 6.71 Å². The number of anilines is 6. The van der Waals surface area contributed by atoms with Gasteiger partial charge in [-0.1, -0.05) is 221 Å². The Labute approximate surface area is 486 Å². The summed E-state index contributed by atoms with van der Waals surface area (Å²) in [6, 6.07) is 54.7. The van der Waals surface area contributed by atoms with E-state index in [2.05, 4.69) is 247 Å². The van der Waals surface area contributed by atoms with Crippen LogP contribution in [0.5, 0.6) is 0 Å². The van der Waals surface area contributed by atoms with Gasteiger partial charge in [0.15, 0.2) is 0 Å². The van der Waals surface area contributed by atoms with E-state index in [-0.39, 0.29) is 33.8 Å². The molecule has 0 unspecified atom stereocenters. The smallest absolute Gasteiger partial charge is 0.264 e. The molecule has 4 aliphatic rings. The molecule has 1 aromatic heterocycles. The fourth-order valence-electron chi connectivity index (χ4n) is 13.9. The molecule has 2 aliphatic heterocycles. The summed E-state index contributed by atoms with van der Waals surface area (Å²) in [7, 11) is 0. The Bertz CT molecular complexity index is 3610. The van der Waals surface area contributed by atoms with Gasteiger partial charge in [0.1, 0.15) is 0 Å². The fraction of sp³-hybridized carbons (Fsp3) is 0.421. The van der Waals surface area contributed by atoms with E-state index in [9.17, 15) is 0 Å². The summed E-state index contributed by atoms with van der Waals surface area (Å²) in [5.74, 6) is 1.07. The van der Waals surface area contributed by atoms with E-state index in [0.717, 1.165) is 0 Å². The van der Waals surface area contributed by atoms with Crippen molar-refractivity contribution >= 4 is 78.0 Å². The lowest BCUT2D eigenvalue weighted by atomic mass is 9.36. The summed E-state index contributed by atoms with van der Waals surface area (Å²) in [6.07, 6.45) is 12.9. The monoisotopic (exact) mass is 1070 g/mol. The Morgan fingerprint density at radius 3 is 1.44 bits per heavy atom. The van der Waals surface area contributed by atoms with Crippen molar-refractivity contribution in [2.45, 2.75) is 207 Å². The van der Waals surface area contributed by atoms with Crippen molar-refractivity contribution < 1.29 is 0 Å². The quantitative estimate of drug-likeness (QED) is 0.153. The molecule has 80 heavy (non-hydrogen) atoms. The maximum absolute atomic E-state index is 2.84. The maximum Gasteiger partial charge on any atom is 0.264 e. The molecule has 0 spiro atoms. The topological polar surface area (TPSA) is 6.48 Å². The highest BCUT2D eigenvalue weighted by Gasteiger charge is 2.47. The fourth-order valence-corrected chi connectivity index (χ4v) is 15.2. The van der Waals surface area contributed by atoms with Crippen molar-refractivity contribution in [2.24, 2.45) is 0 Å². The molecule has 0 bridgehead atoms. The summed E-state index contributed by atoms with van der Waals surface area (Å²) in [6.45, 7) is 35.6.